The van der Waals surface area contributed by atoms with Crippen LogP contribution in [0.2, 0.25) is 5.02 Å². The van der Waals surface area contributed by atoms with Crippen molar-refractivity contribution in [3.8, 4) is 0 Å². The molecule has 2 rings (SSSR count). The molecule has 3 N–H and O–H groups in total. The van der Waals surface area contributed by atoms with Crippen molar-refractivity contribution in [3.63, 3.8) is 0 Å². The number of amides is 1. The summed E-state index contributed by atoms with van der Waals surface area (Å²) in [7, 11) is -4.77. The lowest BCUT2D eigenvalue weighted by Crippen LogP contribution is -2.15. The minimum atomic E-state index is -4.77. The quantitative estimate of drug-likeness (QED) is 0.689. The van der Waals surface area contributed by atoms with Gasteiger partial charge >= 0.3 is 7.82 Å². The molecule has 0 aliphatic carbocycles. The van der Waals surface area contributed by atoms with E-state index in [1.165, 1.54) is 6.07 Å². The van der Waals surface area contributed by atoms with Crippen molar-refractivity contribution < 1.29 is 28.1 Å². The van der Waals surface area contributed by atoms with E-state index in [1.54, 1.807) is 12.1 Å². The molecule has 2 aromatic rings. The van der Waals surface area contributed by atoms with Crippen LogP contribution in [0.15, 0.2) is 18.2 Å². The molecule has 0 spiro atoms. The van der Waals surface area contributed by atoms with Crippen LogP contribution >= 0.6 is 19.4 Å². The Balaban J connectivity index is 2.13. The number of phosphoric ester groups is 1. The maximum Gasteiger partial charge on any atom is 0.471 e. The molecule has 0 aliphatic rings. The third-order valence-corrected chi connectivity index (χ3v) is 3.31. The standard InChI is InChI=1S/C11H11ClFN4O5P/c1-6-2-3-8(7(12)4-6)14-11(18)9-10(13)16-17(15-9)5-22-23(19,20)21/h2-4H,5H2,1H3,(H,14,18)(H2,19,20,21). The van der Waals surface area contributed by atoms with E-state index in [0.29, 0.717) is 4.80 Å². The first-order chi connectivity index (χ1) is 10.7. The summed E-state index contributed by atoms with van der Waals surface area (Å²) >= 11 is 5.95. The van der Waals surface area contributed by atoms with Crippen LogP contribution in [0.25, 0.3) is 0 Å². The molecule has 12 heteroatoms. The second-order valence-corrected chi connectivity index (χ2v) is 6.04. The van der Waals surface area contributed by atoms with Crippen molar-refractivity contribution in [3.05, 3.63) is 40.4 Å². The molecule has 1 aromatic carbocycles. The number of anilines is 1. The lowest BCUT2D eigenvalue weighted by molar-refractivity contribution is 0.101. The number of rotatable bonds is 5. The molecule has 9 nitrogen and oxygen atoms in total. The molecular formula is C11H11ClFN4O5P. The molecular weight excluding hydrogens is 354 g/mol. The monoisotopic (exact) mass is 364 g/mol. The molecule has 0 saturated heterocycles. The van der Waals surface area contributed by atoms with Crippen LogP contribution in [0.5, 0.6) is 0 Å². The topological polar surface area (TPSA) is 127 Å². The molecule has 0 atom stereocenters. The van der Waals surface area contributed by atoms with E-state index in [-0.39, 0.29) is 10.7 Å². The number of hydrogen-bond acceptors (Lipinski definition) is 5. The Morgan fingerprint density at radius 2 is 2.17 bits per heavy atom. The molecule has 0 fully saturated rings. The summed E-state index contributed by atoms with van der Waals surface area (Å²) in [6, 6.07) is 4.84. The van der Waals surface area contributed by atoms with Gasteiger partial charge < -0.3 is 15.1 Å². The molecule has 1 amide bonds. The fraction of sp³-hybridized carbons (Fsp3) is 0.182. The number of carbonyl (C=O) groups excluding carboxylic acids is 1. The van der Waals surface area contributed by atoms with E-state index in [1.807, 2.05) is 6.92 Å². The smallest absolute Gasteiger partial charge is 0.319 e. The van der Waals surface area contributed by atoms with Gasteiger partial charge in [-0.3, -0.25) is 9.32 Å². The van der Waals surface area contributed by atoms with Crippen LogP contribution in [-0.4, -0.2) is 30.7 Å². The lowest BCUT2D eigenvalue weighted by Gasteiger charge is -2.06. The van der Waals surface area contributed by atoms with Gasteiger partial charge in [-0.05, 0) is 24.6 Å². The molecule has 0 bridgehead atoms. The number of aromatic nitrogens is 3. The van der Waals surface area contributed by atoms with Crippen LogP contribution in [0.3, 0.4) is 0 Å². The summed E-state index contributed by atoms with van der Waals surface area (Å²) in [5, 5.41) is 9.27. The van der Waals surface area contributed by atoms with E-state index in [4.69, 9.17) is 21.4 Å². The summed E-state index contributed by atoms with van der Waals surface area (Å²) in [6.07, 6.45) is 0. The number of halogens is 2. The van der Waals surface area contributed by atoms with E-state index < -0.39 is 32.1 Å². The van der Waals surface area contributed by atoms with Crippen LogP contribution in [0.4, 0.5) is 10.1 Å². The lowest BCUT2D eigenvalue weighted by atomic mass is 10.2. The van der Waals surface area contributed by atoms with Gasteiger partial charge in [-0.2, -0.15) is 9.19 Å². The molecule has 0 unspecified atom stereocenters. The maximum absolute atomic E-state index is 13.6. The molecule has 1 aromatic heterocycles. The van der Waals surface area contributed by atoms with Crippen LogP contribution in [-0.2, 0) is 15.8 Å². The Kier molecular flexibility index (Phi) is 5.12. The number of nitrogens with one attached hydrogen (secondary N) is 1. The highest BCUT2D eigenvalue weighted by Gasteiger charge is 2.21. The Morgan fingerprint density at radius 1 is 1.48 bits per heavy atom. The number of benzene rings is 1. The minimum absolute atomic E-state index is 0.252. The first-order valence-corrected chi connectivity index (χ1v) is 7.95. The molecule has 0 saturated carbocycles. The Hall–Kier alpha value is -1.84. The van der Waals surface area contributed by atoms with Gasteiger partial charge in [0.2, 0.25) is 5.69 Å². The van der Waals surface area contributed by atoms with E-state index >= 15 is 0 Å². The first kappa shape index (κ1) is 17.5. The first-order valence-electron chi connectivity index (χ1n) is 6.04. The molecule has 1 heterocycles. The molecule has 124 valence electrons. The average Bonchev–Trinajstić information content (AvgIpc) is 2.80. The van der Waals surface area contributed by atoms with E-state index in [2.05, 4.69) is 20.0 Å². The largest absolute Gasteiger partial charge is 0.471 e. The number of carbonyl (C=O) groups is 1. The molecule has 0 aliphatic heterocycles. The van der Waals surface area contributed by atoms with Crippen molar-refractivity contribution in [2.75, 3.05) is 5.32 Å². The van der Waals surface area contributed by atoms with Gasteiger partial charge in [0.05, 0.1) is 10.7 Å². The van der Waals surface area contributed by atoms with Gasteiger partial charge in [0.15, 0.2) is 6.73 Å². The van der Waals surface area contributed by atoms with Gasteiger partial charge in [0.1, 0.15) is 0 Å². The zero-order valence-electron chi connectivity index (χ0n) is 11.6. The van der Waals surface area contributed by atoms with Crippen LogP contribution < -0.4 is 5.32 Å². The van der Waals surface area contributed by atoms with E-state index in [9.17, 15) is 13.8 Å². The predicted octanol–water partition coefficient (Wildman–Crippen LogP) is 1.70. The normalized spacial score (nSPS) is 11.5. The summed E-state index contributed by atoms with van der Waals surface area (Å²) < 4.78 is 28.3. The fourth-order valence-electron chi connectivity index (χ4n) is 1.55. The zero-order chi connectivity index (χ0) is 17.2. The summed E-state index contributed by atoms with van der Waals surface area (Å²) in [6.45, 7) is 0.990. The highest BCUT2D eigenvalue weighted by Crippen LogP contribution is 2.35. The SMILES string of the molecule is Cc1ccc(NC(=O)c2nn(COP(=O)(O)O)nc2F)c(Cl)c1. The number of hydrogen-bond donors (Lipinski definition) is 3. The van der Waals surface area contributed by atoms with Crippen molar-refractivity contribution in [2.45, 2.75) is 13.7 Å². The Labute approximate surface area is 134 Å². The average molecular weight is 365 g/mol. The van der Waals surface area contributed by atoms with Crippen molar-refractivity contribution >= 4 is 31.0 Å². The van der Waals surface area contributed by atoms with Gasteiger partial charge in [-0.1, -0.05) is 17.7 Å². The summed E-state index contributed by atoms with van der Waals surface area (Å²) in [5.41, 5.74) is 0.457. The van der Waals surface area contributed by atoms with E-state index in [0.717, 1.165) is 5.56 Å². The molecule has 23 heavy (non-hydrogen) atoms. The van der Waals surface area contributed by atoms with Gasteiger partial charge in [-0.25, -0.2) is 4.57 Å². The van der Waals surface area contributed by atoms with Gasteiger partial charge in [0.25, 0.3) is 11.9 Å². The number of aryl methyl sites for hydroxylation is 1. The maximum atomic E-state index is 13.6. The third-order valence-electron chi connectivity index (χ3n) is 2.54. The second kappa shape index (κ2) is 6.73. The van der Waals surface area contributed by atoms with Crippen LogP contribution in [0.1, 0.15) is 16.1 Å². The summed E-state index contributed by atoms with van der Waals surface area (Å²) in [4.78, 5) is 29.6. The van der Waals surface area contributed by atoms with Crippen molar-refractivity contribution in [1.29, 1.82) is 0 Å². The van der Waals surface area contributed by atoms with Gasteiger partial charge in [-0.15, -0.1) is 10.2 Å². The van der Waals surface area contributed by atoms with Crippen molar-refractivity contribution in [2.24, 2.45) is 0 Å². The Bertz CT molecular complexity index is 793. The minimum Gasteiger partial charge on any atom is -0.319 e. The summed E-state index contributed by atoms with van der Waals surface area (Å²) in [5.74, 6) is -2.14. The zero-order valence-corrected chi connectivity index (χ0v) is 13.3. The highest BCUT2D eigenvalue weighted by atomic mass is 35.5. The van der Waals surface area contributed by atoms with Crippen molar-refractivity contribution in [1.82, 2.24) is 15.0 Å². The molecule has 0 radical (unpaired) electrons. The van der Waals surface area contributed by atoms with Gasteiger partial charge in [0, 0.05) is 0 Å². The fourth-order valence-corrected chi connectivity index (χ4v) is 2.09. The third kappa shape index (κ3) is 4.81. The predicted molar refractivity (Wildman–Crippen MR) is 77.3 cm³/mol. The number of phosphoric acid groups is 1. The number of nitrogens with zero attached hydrogens (tertiary/aromatic N) is 3. The second-order valence-electron chi connectivity index (χ2n) is 4.40. The highest BCUT2D eigenvalue weighted by molar-refractivity contribution is 7.46. The van der Waals surface area contributed by atoms with Crippen LogP contribution in [0, 0.1) is 12.9 Å². The Morgan fingerprint density at radius 3 is 2.78 bits per heavy atom.